The highest BCUT2D eigenvalue weighted by atomic mass is 79.9. The molecular formula is C13H23BrN2O. The van der Waals surface area contributed by atoms with Crippen molar-refractivity contribution in [1.29, 1.82) is 0 Å². The van der Waals surface area contributed by atoms with E-state index in [9.17, 15) is 5.11 Å². The molecule has 17 heavy (non-hydrogen) atoms. The van der Waals surface area contributed by atoms with Gasteiger partial charge in [0, 0.05) is 13.7 Å². The Kier molecular flexibility index (Phi) is 5.20. The second-order valence-corrected chi connectivity index (χ2v) is 5.87. The normalized spacial score (nSPS) is 14.9. The Balaban J connectivity index is 2.97. The van der Waals surface area contributed by atoms with Gasteiger partial charge in [0.2, 0.25) is 0 Å². The fraction of sp³-hybridized carbons (Fsp3) is 0.769. The van der Waals surface area contributed by atoms with Gasteiger partial charge >= 0.3 is 0 Å². The summed E-state index contributed by atoms with van der Waals surface area (Å²) in [5.74, 6) is 0. The second-order valence-electron chi connectivity index (χ2n) is 5.08. The summed E-state index contributed by atoms with van der Waals surface area (Å²) < 4.78 is 3.05. The van der Waals surface area contributed by atoms with Crippen molar-refractivity contribution in [3.8, 4) is 0 Å². The zero-order valence-corrected chi connectivity index (χ0v) is 12.8. The van der Waals surface area contributed by atoms with Gasteiger partial charge in [-0.05, 0) is 40.6 Å². The summed E-state index contributed by atoms with van der Waals surface area (Å²) in [6.07, 6.45) is 3.91. The molecule has 0 aliphatic heterocycles. The van der Waals surface area contributed by atoms with Crippen LogP contribution in [0.3, 0.4) is 0 Å². The van der Waals surface area contributed by atoms with E-state index in [0.29, 0.717) is 0 Å². The van der Waals surface area contributed by atoms with E-state index >= 15 is 0 Å². The summed E-state index contributed by atoms with van der Waals surface area (Å²) in [6.45, 7) is 6.62. The summed E-state index contributed by atoms with van der Waals surface area (Å²) in [5, 5.41) is 14.1. The molecule has 0 aliphatic carbocycles. The first-order chi connectivity index (χ1) is 7.97. The SMILES string of the molecule is CCCC(C)(CO)Cc1c(Br)c(CC)nn1C. The quantitative estimate of drug-likeness (QED) is 0.877. The van der Waals surface area contributed by atoms with Crippen LogP contribution in [0.25, 0.3) is 0 Å². The van der Waals surface area contributed by atoms with E-state index in [0.717, 1.165) is 35.8 Å². The molecule has 0 saturated heterocycles. The molecule has 0 aliphatic rings. The van der Waals surface area contributed by atoms with Crippen molar-refractivity contribution < 1.29 is 5.11 Å². The van der Waals surface area contributed by atoms with Gasteiger partial charge in [-0.2, -0.15) is 5.10 Å². The van der Waals surface area contributed by atoms with E-state index in [4.69, 9.17) is 0 Å². The molecule has 0 spiro atoms. The molecule has 1 N–H and O–H groups in total. The third-order valence-electron chi connectivity index (χ3n) is 3.33. The molecular weight excluding hydrogens is 280 g/mol. The molecule has 1 atom stereocenters. The smallest absolute Gasteiger partial charge is 0.0766 e. The largest absolute Gasteiger partial charge is 0.396 e. The van der Waals surface area contributed by atoms with Gasteiger partial charge in [-0.3, -0.25) is 4.68 Å². The Morgan fingerprint density at radius 1 is 1.41 bits per heavy atom. The Morgan fingerprint density at radius 3 is 2.47 bits per heavy atom. The Labute approximate surface area is 112 Å². The lowest BCUT2D eigenvalue weighted by atomic mass is 9.82. The van der Waals surface area contributed by atoms with Gasteiger partial charge in [-0.25, -0.2) is 0 Å². The van der Waals surface area contributed by atoms with Crippen LogP contribution in [0, 0.1) is 5.41 Å². The summed E-state index contributed by atoms with van der Waals surface area (Å²) in [6, 6.07) is 0. The number of nitrogens with zero attached hydrogens (tertiary/aromatic N) is 2. The van der Waals surface area contributed by atoms with Crippen LogP contribution in [0.5, 0.6) is 0 Å². The maximum absolute atomic E-state index is 9.58. The van der Waals surface area contributed by atoms with Gasteiger partial charge < -0.3 is 5.11 Å². The second kappa shape index (κ2) is 6.01. The maximum atomic E-state index is 9.58. The van der Waals surface area contributed by atoms with Crippen LogP contribution >= 0.6 is 15.9 Å². The van der Waals surface area contributed by atoms with E-state index in [1.165, 1.54) is 5.69 Å². The van der Waals surface area contributed by atoms with Crippen LogP contribution in [0.4, 0.5) is 0 Å². The highest BCUT2D eigenvalue weighted by molar-refractivity contribution is 9.10. The average molecular weight is 303 g/mol. The summed E-state index contributed by atoms with van der Waals surface area (Å²) >= 11 is 3.63. The zero-order valence-electron chi connectivity index (χ0n) is 11.3. The number of aliphatic hydroxyl groups is 1. The number of hydrogen-bond donors (Lipinski definition) is 1. The molecule has 1 heterocycles. The third-order valence-corrected chi connectivity index (χ3v) is 4.25. The predicted molar refractivity (Wildman–Crippen MR) is 74.1 cm³/mol. The molecule has 0 aromatic carbocycles. The van der Waals surface area contributed by atoms with Crippen molar-refractivity contribution >= 4 is 15.9 Å². The standard InChI is InChI=1S/C13H23BrN2O/c1-5-7-13(3,9-17)8-11-12(14)10(6-2)15-16(11)4/h17H,5-9H2,1-4H3. The van der Waals surface area contributed by atoms with Crippen molar-refractivity contribution in [2.24, 2.45) is 12.5 Å². The molecule has 0 bridgehead atoms. The molecule has 1 unspecified atom stereocenters. The summed E-state index contributed by atoms with van der Waals surface area (Å²) in [7, 11) is 1.98. The number of hydrogen-bond acceptors (Lipinski definition) is 2. The van der Waals surface area contributed by atoms with Gasteiger partial charge in [0.05, 0.1) is 15.9 Å². The summed E-state index contributed by atoms with van der Waals surface area (Å²) in [4.78, 5) is 0. The van der Waals surface area contributed by atoms with Gasteiger partial charge in [0.15, 0.2) is 0 Å². The minimum atomic E-state index is -0.0456. The van der Waals surface area contributed by atoms with Gasteiger partial charge in [0.1, 0.15) is 0 Å². The molecule has 0 radical (unpaired) electrons. The van der Waals surface area contributed by atoms with Crippen LogP contribution in [0.15, 0.2) is 4.47 Å². The number of halogens is 1. The monoisotopic (exact) mass is 302 g/mol. The minimum absolute atomic E-state index is 0.0456. The van der Waals surface area contributed by atoms with Crippen molar-refractivity contribution in [2.45, 2.75) is 46.5 Å². The van der Waals surface area contributed by atoms with Crippen molar-refractivity contribution in [3.05, 3.63) is 15.9 Å². The molecule has 0 fully saturated rings. The van der Waals surface area contributed by atoms with Crippen LogP contribution < -0.4 is 0 Å². The number of aromatic nitrogens is 2. The lowest BCUT2D eigenvalue weighted by Crippen LogP contribution is -2.25. The average Bonchev–Trinajstić information content (AvgIpc) is 2.57. The Hall–Kier alpha value is -0.350. The van der Waals surface area contributed by atoms with Gasteiger partial charge in [-0.15, -0.1) is 0 Å². The minimum Gasteiger partial charge on any atom is -0.396 e. The molecule has 98 valence electrons. The van der Waals surface area contributed by atoms with Crippen LogP contribution in [0.2, 0.25) is 0 Å². The molecule has 3 nitrogen and oxygen atoms in total. The van der Waals surface area contributed by atoms with E-state index in [-0.39, 0.29) is 12.0 Å². The summed E-state index contributed by atoms with van der Waals surface area (Å²) in [5.41, 5.74) is 2.24. The molecule has 4 heteroatoms. The Bertz CT molecular complexity index is 376. The highest BCUT2D eigenvalue weighted by Crippen LogP contribution is 2.32. The number of aliphatic hydroxyl groups excluding tert-OH is 1. The highest BCUT2D eigenvalue weighted by Gasteiger charge is 2.26. The van der Waals surface area contributed by atoms with E-state index in [1.54, 1.807) is 0 Å². The third kappa shape index (κ3) is 3.32. The van der Waals surface area contributed by atoms with Crippen LogP contribution in [-0.4, -0.2) is 21.5 Å². The Morgan fingerprint density at radius 2 is 2.06 bits per heavy atom. The van der Waals surface area contributed by atoms with Gasteiger partial charge in [-0.1, -0.05) is 27.2 Å². The van der Waals surface area contributed by atoms with Crippen molar-refractivity contribution in [2.75, 3.05) is 6.61 Å². The van der Waals surface area contributed by atoms with Gasteiger partial charge in [0.25, 0.3) is 0 Å². The predicted octanol–water partition coefficient (Wildman–Crippen LogP) is 3.09. The molecule has 1 aromatic heterocycles. The number of rotatable bonds is 6. The fourth-order valence-corrected chi connectivity index (χ4v) is 3.00. The zero-order chi connectivity index (χ0) is 13.1. The molecule has 0 amide bonds. The topological polar surface area (TPSA) is 38.1 Å². The van der Waals surface area contributed by atoms with E-state index in [1.807, 2.05) is 11.7 Å². The first-order valence-electron chi connectivity index (χ1n) is 6.28. The van der Waals surface area contributed by atoms with Crippen LogP contribution in [0.1, 0.15) is 45.0 Å². The molecule has 1 rings (SSSR count). The maximum Gasteiger partial charge on any atom is 0.0766 e. The first-order valence-corrected chi connectivity index (χ1v) is 7.07. The number of aryl methyl sites for hydroxylation is 2. The van der Waals surface area contributed by atoms with Crippen molar-refractivity contribution in [1.82, 2.24) is 9.78 Å². The van der Waals surface area contributed by atoms with Crippen LogP contribution in [-0.2, 0) is 19.9 Å². The fourth-order valence-electron chi connectivity index (χ4n) is 2.24. The first kappa shape index (κ1) is 14.7. The lowest BCUT2D eigenvalue weighted by Gasteiger charge is -2.27. The van der Waals surface area contributed by atoms with E-state index < -0.39 is 0 Å². The molecule has 1 aromatic rings. The lowest BCUT2D eigenvalue weighted by molar-refractivity contribution is 0.129. The molecule has 0 saturated carbocycles. The van der Waals surface area contributed by atoms with Crippen molar-refractivity contribution in [3.63, 3.8) is 0 Å². The van der Waals surface area contributed by atoms with E-state index in [2.05, 4.69) is 41.8 Å².